The number of aryl methyl sites for hydroxylation is 1. The lowest BCUT2D eigenvalue weighted by atomic mass is 10.1. The topological polar surface area (TPSA) is 54.9 Å². The van der Waals surface area contributed by atoms with Crippen LogP contribution in [0.2, 0.25) is 0 Å². The molecule has 2 rings (SSSR count). The number of carbonyl (C=O) groups is 1. The summed E-state index contributed by atoms with van der Waals surface area (Å²) in [6, 6.07) is 5.95. The zero-order valence-corrected chi connectivity index (χ0v) is 13.6. The number of benzene rings is 1. The first-order valence-electron chi connectivity index (χ1n) is 6.48. The van der Waals surface area contributed by atoms with Crippen molar-refractivity contribution >= 4 is 29.0 Å². The summed E-state index contributed by atoms with van der Waals surface area (Å²) in [6.45, 7) is 5.58. The summed E-state index contributed by atoms with van der Waals surface area (Å²) in [5.41, 5.74) is 0.869. The third-order valence-electron chi connectivity index (χ3n) is 2.88. The lowest BCUT2D eigenvalue weighted by Crippen LogP contribution is -2.33. The first kappa shape index (κ1) is 15.9. The quantitative estimate of drug-likeness (QED) is 0.857. The van der Waals surface area contributed by atoms with Crippen molar-refractivity contribution in [3.63, 3.8) is 0 Å². The van der Waals surface area contributed by atoms with Crippen molar-refractivity contribution in [3.8, 4) is 0 Å². The van der Waals surface area contributed by atoms with Crippen LogP contribution in [0.1, 0.15) is 30.5 Å². The first-order chi connectivity index (χ1) is 9.95. The number of hydrogen-bond donors (Lipinski definition) is 1. The minimum absolute atomic E-state index is 0.0790. The Kier molecular flexibility index (Phi) is 5.30. The van der Waals surface area contributed by atoms with Crippen molar-refractivity contribution in [1.82, 2.24) is 15.5 Å². The minimum Gasteiger partial charge on any atom is -0.349 e. The van der Waals surface area contributed by atoms with Crippen LogP contribution in [0.15, 0.2) is 28.6 Å². The highest BCUT2D eigenvalue weighted by Crippen LogP contribution is 2.26. The standard InChI is InChI=1S/C14H16FN3OS2/c1-8(11-4-6-12(15)7-5-11)16-13(19)9(2)20-14-18-17-10(3)21-14/h4-9H,1-3H3,(H,16,19)/t8-,9-/m0/s1. The Morgan fingerprint density at radius 3 is 2.52 bits per heavy atom. The van der Waals surface area contributed by atoms with Crippen LogP contribution in [0.3, 0.4) is 0 Å². The molecule has 0 aliphatic carbocycles. The summed E-state index contributed by atoms with van der Waals surface area (Å²) in [5, 5.41) is 11.5. The lowest BCUT2D eigenvalue weighted by Gasteiger charge is -2.17. The van der Waals surface area contributed by atoms with Gasteiger partial charge in [0, 0.05) is 0 Å². The monoisotopic (exact) mass is 325 g/mol. The second-order valence-electron chi connectivity index (χ2n) is 4.63. The van der Waals surface area contributed by atoms with Gasteiger partial charge < -0.3 is 5.32 Å². The number of nitrogens with zero attached hydrogens (tertiary/aromatic N) is 2. The van der Waals surface area contributed by atoms with Gasteiger partial charge in [-0.3, -0.25) is 4.79 Å². The van der Waals surface area contributed by atoms with E-state index in [2.05, 4.69) is 15.5 Å². The molecule has 1 aromatic heterocycles. The van der Waals surface area contributed by atoms with Gasteiger partial charge >= 0.3 is 0 Å². The van der Waals surface area contributed by atoms with Crippen molar-refractivity contribution in [2.45, 2.75) is 36.4 Å². The Hall–Kier alpha value is -1.47. The van der Waals surface area contributed by atoms with E-state index < -0.39 is 0 Å². The smallest absolute Gasteiger partial charge is 0.233 e. The van der Waals surface area contributed by atoms with Gasteiger partial charge in [-0.05, 0) is 38.5 Å². The average Bonchev–Trinajstić information content (AvgIpc) is 2.84. The van der Waals surface area contributed by atoms with Gasteiger partial charge in [-0.15, -0.1) is 10.2 Å². The molecule has 1 aromatic carbocycles. The van der Waals surface area contributed by atoms with Crippen LogP contribution in [0, 0.1) is 12.7 Å². The molecule has 0 aliphatic heterocycles. The Labute approximate surface area is 131 Å². The molecule has 4 nitrogen and oxygen atoms in total. The van der Waals surface area contributed by atoms with Gasteiger partial charge in [0.1, 0.15) is 10.8 Å². The molecular formula is C14H16FN3OS2. The van der Waals surface area contributed by atoms with Crippen LogP contribution in [-0.4, -0.2) is 21.4 Å². The number of thioether (sulfide) groups is 1. The largest absolute Gasteiger partial charge is 0.349 e. The molecule has 2 aromatic rings. The number of rotatable bonds is 5. The van der Waals surface area contributed by atoms with Gasteiger partial charge in [0.05, 0.1) is 11.3 Å². The summed E-state index contributed by atoms with van der Waals surface area (Å²) >= 11 is 2.85. The van der Waals surface area contributed by atoms with E-state index in [1.165, 1.54) is 35.2 Å². The maximum absolute atomic E-state index is 12.9. The number of carbonyl (C=O) groups excluding carboxylic acids is 1. The summed E-state index contributed by atoms with van der Waals surface area (Å²) in [6.07, 6.45) is 0. The molecule has 0 unspecified atom stereocenters. The van der Waals surface area contributed by atoms with Crippen molar-refractivity contribution in [1.29, 1.82) is 0 Å². The molecule has 0 bridgehead atoms. The zero-order valence-electron chi connectivity index (χ0n) is 12.0. The van der Waals surface area contributed by atoms with Gasteiger partial charge in [0.25, 0.3) is 0 Å². The Morgan fingerprint density at radius 1 is 1.29 bits per heavy atom. The van der Waals surface area contributed by atoms with E-state index in [9.17, 15) is 9.18 Å². The van der Waals surface area contributed by atoms with E-state index in [0.29, 0.717) is 0 Å². The number of nitrogens with one attached hydrogen (secondary N) is 1. The number of halogens is 1. The van der Waals surface area contributed by atoms with Crippen molar-refractivity contribution < 1.29 is 9.18 Å². The Morgan fingerprint density at radius 2 is 1.95 bits per heavy atom. The van der Waals surface area contributed by atoms with Crippen LogP contribution >= 0.6 is 23.1 Å². The fourth-order valence-electron chi connectivity index (χ4n) is 1.70. The maximum Gasteiger partial charge on any atom is 0.233 e. The van der Waals surface area contributed by atoms with Crippen LogP contribution in [0.4, 0.5) is 4.39 Å². The predicted molar refractivity (Wildman–Crippen MR) is 82.9 cm³/mol. The van der Waals surface area contributed by atoms with Crippen LogP contribution in [0.5, 0.6) is 0 Å². The summed E-state index contributed by atoms with van der Waals surface area (Å²) in [7, 11) is 0. The average molecular weight is 325 g/mol. The molecule has 21 heavy (non-hydrogen) atoms. The van der Waals surface area contributed by atoms with Crippen molar-refractivity contribution in [2.24, 2.45) is 0 Å². The fraction of sp³-hybridized carbons (Fsp3) is 0.357. The molecular weight excluding hydrogens is 309 g/mol. The maximum atomic E-state index is 12.9. The van der Waals surface area contributed by atoms with Gasteiger partial charge in [-0.25, -0.2) is 4.39 Å². The van der Waals surface area contributed by atoms with E-state index in [1.807, 2.05) is 20.8 Å². The van der Waals surface area contributed by atoms with Gasteiger partial charge in [-0.2, -0.15) is 0 Å². The normalized spacial score (nSPS) is 13.7. The highest BCUT2D eigenvalue weighted by atomic mass is 32.2. The molecule has 1 amide bonds. The molecule has 0 saturated heterocycles. The zero-order chi connectivity index (χ0) is 15.4. The first-order valence-corrected chi connectivity index (χ1v) is 8.18. The van der Waals surface area contributed by atoms with E-state index in [4.69, 9.17) is 0 Å². The number of aromatic nitrogens is 2. The lowest BCUT2D eigenvalue weighted by molar-refractivity contribution is -0.120. The van der Waals surface area contributed by atoms with Crippen molar-refractivity contribution in [2.75, 3.05) is 0 Å². The predicted octanol–water partition coefficient (Wildman–Crippen LogP) is 3.34. The molecule has 7 heteroatoms. The van der Waals surface area contributed by atoms with E-state index in [0.717, 1.165) is 14.9 Å². The molecule has 0 radical (unpaired) electrons. The highest BCUT2D eigenvalue weighted by Gasteiger charge is 2.19. The molecule has 0 fully saturated rings. The second kappa shape index (κ2) is 7.00. The van der Waals surface area contributed by atoms with Crippen LogP contribution in [-0.2, 0) is 4.79 Å². The molecule has 2 atom stereocenters. The second-order valence-corrected chi connectivity index (χ2v) is 7.40. The Bertz CT molecular complexity index is 615. The summed E-state index contributed by atoms with van der Waals surface area (Å²) < 4.78 is 13.7. The molecule has 0 aliphatic rings. The summed E-state index contributed by atoms with van der Waals surface area (Å²) in [5.74, 6) is -0.363. The van der Waals surface area contributed by atoms with Gasteiger partial charge in [0.2, 0.25) is 5.91 Å². The SMILES string of the molecule is Cc1nnc(S[C@@H](C)C(=O)N[C@@H](C)c2ccc(F)cc2)s1. The number of hydrogen-bond acceptors (Lipinski definition) is 5. The van der Waals surface area contributed by atoms with E-state index in [1.54, 1.807) is 12.1 Å². The molecule has 1 heterocycles. The van der Waals surface area contributed by atoms with Crippen LogP contribution in [0.25, 0.3) is 0 Å². The molecule has 0 spiro atoms. The highest BCUT2D eigenvalue weighted by molar-refractivity contribution is 8.02. The Balaban J connectivity index is 1.92. The van der Waals surface area contributed by atoms with Gasteiger partial charge in [-0.1, -0.05) is 35.2 Å². The van der Waals surface area contributed by atoms with Crippen LogP contribution < -0.4 is 5.32 Å². The minimum atomic E-state index is -0.284. The summed E-state index contributed by atoms with van der Waals surface area (Å²) in [4.78, 5) is 12.2. The van der Waals surface area contributed by atoms with Crippen molar-refractivity contribution in [3.05, 3.63) is 40.7 Å². The third kappa shape index (κ3) is 4.50. The third-order valence-corrected chi connectivity index (χ3v) is 4.91. The fourth-order valence-corrected chi connectivity index (χ4v) is 3.67. The van der Waals surface area contributed by atoms with E-state index >= 15 is 0 Å². The molecule has 0 saturated carbocycles. The van der Waals surface area contributed by atoms with Gasteiger partial charge in [0.15, 0.2) is 4.34 Å². The molecule has 1 N–H and O–H groups in total. The van der Waals surface area contributed by atoms with E-state index in [-0.39, 0.29) is 23.0 Å². The number of amides is 1. The molecule has 112 valence electrons.